The minimum absolute atomic E-state index is 0.516. The maximum absolute atomic E-state index is 6.19. The predicted octanol–water partition coefficient (Wildman–Crippen LogP) is 8.55. The number of benzene rings is 4. The summed E-state index contributed by atoms with van der Waals surface area (Å²) in [6.07, 6.45) is 2.25. The molecule has 4 heteroatoms. The van der Waals surface area contributed by atoms with Gasteiger partial charge < -0.3 is 19.4 Å². The van der Waals surface area contributed by atoms with E-state index in [2.05, 4.69) is 97.4 Å². The molecule has 4 nitrogen and oxygen atoms in total. The number of aromatic nitrogens is 1. The van der Waals surface area contributed by atoms with E-state index in [0.29, 0.717) is 19.3 Å². The van der Waals surface area contributed by atoms with Crippen LogP contribution in [-0.4, -0.2) is 17.2 Å². The lowest BCUT2D eigenvalue weighted by molar-refractivity contribution is 0.306. The average Bonchev–Trinajstić information content (AvgIpc) is 3.26. The van der Waals surface area contributed by atoms with Crippen molar-refractivity contribution in [2.75, 3.05) is 6.54 Å². The lowest BCUT2D eigenvalue weighted by atomic mass is 10.1. The minimum Gasteiger partial charge on any atom is -0.489 e. The maximum Gasteiger partial charge on any atom is 0.120 e. The van der Waals surface area contributed by atoms with Crippen molar-refractivity contribution in [3.05, 3.63) is 120 Å². The Morgan fingerprint density at radius 1 is 0.700 bits per heavy atom. The van der Waals surface area contributed by atoms with Gasteiger partial charge in [-0.15, -0.1) is 0 Å². The number of ether oxygens (including phenoxy) is 2. The molecule has 0 fully saturated rings. The topological polar surface area (TPSA) is 35.4 Å². The third-order valence-electron chi connectivity index (χ3n) is 7.27. The van der Waals surface area contributed by atoms with Gasteiger partial charge in [-0.3, -0.25) is 0 Å². The van der Waals surface area contributed by atoms with E-state index < -0.39 is 0 Å². The fraction of sp³-hybridized carbons (Fsp3) is 0.278. The van der Waals surface area contributed by atoms with Crippen LogP contribution in [-0.2, 0) is 19.8 Å². The largest absolute Gasteiger partial charge is 0.489 e. The smallest absolute Gasteiger partial charge is 0.120 e. The van der Waals surface area contributed by atoms with E-state index in [1.54, 1.807) is 0 Å². The monoisotopic (exact) mass is 532 g/mol. The number of hydrogen-bond acceptors (Lipinski definition) is 3. The number of hydrogen-bond donors (Lipinski definition) is 1. The van der Waals surface area contributed by atoms with E-state index in [1.165, 1.54) is 38.9 Å². The molecular weight excluding hydrogens is 492 g/mol. The van der Waals surface area contributed by atoms with Gasteiger partial charge in [-0.05, 0) is 91.0 Å². The molecule has 0 spiro atoms. The first-order valence-corrected chi connectivity index (χ1v) is 14.4. The van der Waals surface area contributed by atoms with Crippen LogP contribution in [0.2, 0.25) is 0 Å². The summed E-state index contributed by atoms with van der Waals surface area (Å²) in [6, 6.07) is 36.2. The molecule has 0 atom stereocenters. The van der Waals surface area contributed by atoms with Crippen molar-refractivity contribution >= 4 is 10.9 Å². The standard InChI is InChI=1S/C36H40N2O2/c1-27(2)37-22-10-11-23-38-35-21-20-33(40-26-30-14-8-5-9-15-30)24-34(35)28(3)36(38)31-16-18-32(19-17-31)39-25-29-12-6-4-7-13-29/h4-9,12-21,24,27,37H,10-11,22-23,25-26H2,1-3H3. The average molecular weight is 533 g/mol. The predicted molar refractivity (Wildman–Crippen MR) is 166 cm³/mol. The molecule has 0 radical (unpaired) electrons. The van der Waals surface area contributed by atoms with Crippen molar-refractivity contribution < 1.29 is 9.47 Å². The van der Waals surface area contributed by atoms with E-state index >= 15 is 0 Å². The van der Waals surface area contributed by atoms with Crippen LogP contribution in [0.25, 0.3) is 22.2 Å². The Kier molecular flexibility index (Phi) is 9.20. The molecular formula is C36H40N2O2. The van der Waals surface area contributed by atoms with Gasteiger partial charge in [0.1, 0.15) is 24.7 Å². The fourth-order valence-corrected chi connectivity index (χ4v) is 5.17. The van der Waals surface area contributed by atoms with E-state index in [-0.39, 0.29) is 0 Å². The Labute approximate surface area is 238 Å². The van der Waals surface area contributed by atoms with Crippen molar-refractivity contribution in [2.45, 2.75) is 59.4 Å². The third kappa shape index (κ3) is 6.94. The molecule has 40 heavy (non-hydrogen) atoms. The summed E-state index contributed by atoms with van der Waals surface area (Å²) in [4.78, 5) is 0. The van der Waals surface area contributed by atoms with Gasteiger partial charge in [0, 0.05) is 23.5 Å². The zero-order valence-electron chi connectivity index (χ0n) is 23.9. The van der Waals surface area contributed by atoms with Crippen molar-refractivity contribution in [3.63, 3.8) is 0 Å². The highest BCUT2D eigenvalue weighted by atomic mass is 16.5. The second-order valence-electron chi connectivity index (χ2n) is 10.7. The van der Waals surface area contributed by atoms with E-state index in [4.69, 9.17) is 9.47 Å². The molecule has 0 aliphatic rings. The SMILES string of the molecule is Cc1c(-c2ccc(OCc3ccccc3)cc2)n(CCCCNC(C)C)c2ccc(OCc3ccccc3)cc12. The summed E-state index contributed by atoms with van der Waals surface area (Å²) < 4.78 is 14.7. The molecule has 0 aliphatic carbocycles. The molecule has 5 rings (SSSR count). The Morgan fingerprint density at radius 3 is 1.93 bits per heavy atom. The molecule has 0 aliphatic heterocycles. The third-order valence-corrected chi connectivity index (χ3v) is 7.27. The van der Waals surface area contributed by atoms with Gasteiger partial charge in [-0.1, -0.05) is 74.5 Å². The van der Waals surface area contributed by atoms with Crippen LogP contribution in [0.4, 0.5) is 0 Å². The summed E-state index contributed by atoms with van der Waals surface area (Å²) in [5, 5.41) is 4.79. The van der Waals surface area contributed by atoms with E-state index in [9.17, 15) is 0 Å². The Morgan fingerprint density at radius 2 is 1.30 bits per heavy atom. The Hall–Kier alpha value is -4.02. The second-order valence-corrected chi connectivity index (χ2v) is 10.7. The highest BCUT2D eigenvalue weighted by Gasteiger charge is 2.17. The molecule has 1 aromatic heterocycles. The van der Waals surface area contributed by atoms with Crippen molar-refractivity contribution in [1.29, 1.82) is 0 Å². The summed E-state index contributed by atoms with van der Waals surface area (Å²) in [5.74, 6) is 1.78. The van der Waals surface area contributed by atoms with E-state index in [0.717, 1.165) is 37.4 Å². The summed E-state index contributed by atoms with van der Waals surface area (Å²) >= 11 is 0. The van der Waals surface area contributed by atoms with Crippen LogP contribution in [0.1, 0.15) is 43.4 Å². The summed E-state index contributed by atoms with van der Waals surface area (Å²) in [7, 11) is 0. The van der Waals surface area contributed by atoms with Gasteiger partial charge in [0.2, 0.25) is 0 Å². The molecule has 0 unspecified atom stereocenters. The van der Waals surface area contributed by atoms with Gasteiger partial charge in [0.25, 0.3) is 0 Å². The van der Waals surface area contributed by atoms with Crippen LogP contribution < -0.4 is 14.8 Å². The van der Waals surface area contributed by atoms with Crippen LogP contribution in [0, 0.1) is 6.92 Å². The fourth-order valence-electron chi connectivity index (χ4n) is 5.17. The first-order chi connectivity index (χ1) is 19.6. The van der Waals surface area contributed by atoms with Crippen LogP contribution in [0.3, 0.4) is 0 Å². The minimum atomic E-state index is 0.516. The van der Waals surface area contributed by atoms with Crippen molar-refractivity contribution in [1.82, 2.24) is 9.88 Å². The first kappa shape index (κ1) is 27.5. The number of nitrogens with zero attached hydrogens (tertiary/aromatic N) is 1. The van der Waals surface area contributed by atoms with E-state index in [1.807, 2.05) is 36.4 Å². The molecule has 0 bridgehead atoms. The molecule has 4 aromatic carbocycles. The molecule has 0 saturated heterocycles. The summed E-state index contributed by atoms with van der Waals surface area (Å²) in [5.41, 5.74) is 7.33. The molecule has 0 amide bonds. The van der Waals surface area contributed by atoms with Crippen molar-refractivity contribution in [2.24, 2.45) is 0 Å². The molecule has 5 aromatic rings. The van der Waals surface area contributed by atoms with Gasteiger partial charge in [0.15, 0.2) is 0 Å². The molecule has 0 saturated carbocycles. The van der Waals surface area contributed by atoms with Gasteiger partial charge in [-0.25, -0.2) is 0 Å². The Bertz CT molecular complexity index is 1490. The number of rotatable bonds is 13. The quantitative estimate of drug-likeness (QED) is 0.154. The lowest BCUT2D eigenvalue weighted by Crippen LogP contribution is -2.23. The van der Waals surface area contributed by atoms with Gasteiger partial charge in [-0.2, -0.15) is 0 Å². The number of aryl methyl sites for hydroxylation is 2. The second kappa shape index (κ2) is 13.4. The lowest BCUT2D eigenvalue weighted by Gasteiger charge is -2.14. The summed E-state index contributed by atoms with van der Waals surface area (Å²) in [6.45, 7) is 9.76. The maximum atomic E-state index is 6.19. The van der Waals surface area contributed by atoms with Gasteiger partial charge in [0.05, 0.1) is 5.69 Å². The van der Waals surface area contributed by atoms with Crippen LogP contribution in [0.15, 0.2) is 103 Å². The van der Waals surface area contributed by atoms with Crippen LogP contribution in [0.5, 0.6) is 11.5 Å². The zero-order chi connectivity index (χ0) is 27.7. The Balaban J connectivity index is 1.39. The van der Waals surface area contributed by atoms with Crippen LogP contribution >= 0.6 is 0 Å². The highest BCUT2D eigenvalue weighted by molar-refractivity contribution is 5.92. The van der Waals surface area contributed by atoms with Crippen molar-refractivity contribution in [3.8, 4) is 22.8 Å². The number of unbranched alkanes of at least 4 members (excludes halogenated alkanes) is 1. The molecule has 1 N–H and O–H groups in total. The normalized spacial score (nSPS) is 11.3. The number of nitrogens with one attached hydrogen (secondary N) is 1. The van der Waals surface area contributed by atoms with Gasteiger partial charge >= 0.3 is 0 Å². The molecule has 206 valence electrons. The zero-order valence-corrected chi connectivity index (χ0v) is 23.9. The highest BCUT2D eigenvalue weighted by Crippen LogP contribution is 2.36. The molecule has 1 heterocycles. The first-order valence-electron chi connectivity index (χ1n) is 14.4. The number of fused-ring (bicyclic) bond motifs is 1.